The van der Waals surface area contributed by atoms with Crippen LogP contribution in [0.25, 0.3) is 22.3 Å². The van der Waals surface area contributed by atoms with E-state index in [1.54, 1.807) is 0 Å². The van der Waals surface area contributed by atoms with Crippen molar-refractivity contribution in [2.24, 2.45) is 0 Å². The lowest BCUT2D eigenvalue weighted by Gasteiger charge is -2.14. The standard InChI is InChI=1S/C20H18O10S.H2O/c1-26-12-6-5-10(7-13(12)27-2)18-19(30-31(4,24)25)17(21)16-14(28-3)8-11(20(22)23)9-15(16)29-18;/h5-9H,1-4H3,(H,22,23);1H2. The minimum Gasteiger partial charge on any atom is -0.496 e. The highest BCUT2D eigenvalue weighted by Gasteiger charge is 2.25. The molecule has 3 aromatic rings. The smallest absolute Gasteiger partial charge is 0.335 e. The number of hydrogen-bond donors (Lipinski definition) is 1. The quantitative estimate of drug-likeness (QED) is 0.503. The first-order valence-electron chi connectivity index (χ1n) is 8.63. The molecule has 11 nitrogen and oxygen atoms in total. The van der Waals surface area contributed by atoms with Gasteiger partial charge in [-0.05, 0) is 30.3 Å². The Bertz CT molecular complexity index is 1340. The van der Waals surface area contributed by atoms with Crippen molar-refractivity contribution in [3.05, 3.63) is 46.1 Å². The van der Waals surface area contributed by atoms with Crippen molar-refractivity contribution in [2.75, 3.05) is 27.6 Å². The van der Waals surface area contributed by atoms with E-state index in [1.807, 2.05) is 0 Å². The minimum atomic E-state index is -4.12. The van der Waals surface area contributed by atoms with Crippen molar-refractivity contribution < 1.29 is 46.6 Å². The van der Waals surface area contributed by atoms with Gasteiger partial charge in [-0.2, -0.15) is 8.42 Å². The molecule has 0 fully saturated rings. The summed E-state index contributed by atoms with van der Waals surface area (Å²) < 4.78 is 50.0. The minimum absolute atomic E-state index is 0. The molecule has 0 spiro atoms. The maximum Gasteiger partial charge on any atom is 0.335 e. The molecule has 0 unspecified atom stereocenters. The van der Waals surface area contributed by atoms with Crippen LogP contribution in [-0.2, 0) is 10.1 Å². The molecule has 0 amide bonds. The summed E-state index contributed by atoms with van der Waals surface area (Å²) in [5.41, 5.74) is -0.949. The highest BCUT2D eigenvalue weighted by molar-refractivity contribution is 7.86. The van der Waals surface area contributed by atoms with E-state index in [0.29, 0.717) is 5.75 Å². The summed E-state index contributed by atoms with van der Waals surface area (Å²) in [6.45, 7) is 0. The zero-order valence-electron chi connectivity index (χ0n) is 17.4. The Morgan fingerprint density at radius 3 is 2.12 bits per heavy atom. The first-order valence-corrected chi connectivity index (χ1v) is 10.4. The van der Waals surface area contributed by atoms with Crippen LogP contribution >= 0.6 is 0 Å². The van der Waals surface area contributed by atoms with Crippen LogP contribution in [0.15, 0.2) is 39.5 Å². The number of carboxylic acids is 1. The summed E-state index contributed by atoms with van der Waals surface area (Å²) in [6, 6.07) is 6.74. The van der Waals surface area contributed by atoms with Crippen LogP contribution in [0.3, 0.4) is 0 Å². The molecule has 3 N–H and O–H groups in total. The van der Waals surface area contributed by atoms with Crippen molar-refractivity contribution in [1.82, 2.24) is 0 Å². The van der Waals surface area contributed by atoms with Crippen LogP contribution in [0, 0.1) is 0 Å². The van der Waals surface area contributed by atoms with E-state index in [9.17, 15) is 23.1 Å². The van der Waals surface area contributed by atoms with E-state index >= 15 is 0 Å². The average Bonchev–Trinajstić information content (AvgIpc) is 2.73. The van der Waals surface area contributed by atoms with Crippen molar-refractivity contribution in [2.45, 2.75) is 0 Å². The number of carbonyl (C=O) groups is 1. The normalized spacial score (nSPS) is 10.9. The summed E-state index contributed by atoms with van der Waals surface area (Å²) in [6.07, 6.45) is 0.778. The number of hydrogen-bond acceptors (Lipinski definition) is 9. The van der Waals surface area contributed by atoms with E-state index in [4.69, 9.17) is 22.8 Å². The van der Waals surface area contributed by atoms with Gasteiger partial charge in [0.2, 0.25) is 11.2 Å². The molecule has 0 atom stereocenters. The highest BCUT2D eigenvalue weighted by atomic mass is 32.2. The molecule has 2 aromatic carbocycles. The van der Waals surface area contributed by atoms with Crippen LogP contribution in [0.1, 0.15) is 10.4 Å². The SMILES string of the molecule is COc1ccc(-c2oc3cc(C(=O)O)cc(OC)c3c(=O)c2OS(C)(=O)=O)cc1OC.O. The van der Waals surface area contributed by atoms with Gasteiger partial charge in [0.05, 0.1) is 33.1 Å². The Morgan fingerprint density at radius 2 is 1.59 bits per heavy atom. The number of methoxy groups -OCH3 is 3. The van der Waals surface area contributed by atoms with Gasteiger partial charge >= 0.3 is 16.1 Å². The first-order chi connectivity index (χ1) is 14.6. The summed E-state index contributed by atoms with van der Waals surface area (Å²) >= 11 is 0. The van der Waals surface area contributed by atoms with Crippen LogP contribution < -0.4 is 23.8 Å². The largest absolute Gasteiger partial charge is 0.496 e. The van der Waals surface area contributed by atoms with Gasteiger partial charge in [0.15, 0.2) is 17.3 Å². The molecule has 0 saturated heterocycles. The van der Waals surface area contributed by atoms with E-state index in [0.717, 1.165) is 18.4 Å². The maximum absolute atomic E-state index is 13.2. The van der Waals surface area contributed by atoms with Gasteiger partial charge in [-0.25, -0.2) is 4.79 Å². The van der Waals surface area contributed by atoms with Crippen molar-refractivity contribution in [3.63, 3.8) is 0 Å². The fraction of sp³-hybridized carbons (Fsp3) is 0.200. The summed E-state index contributed by atoms with van der Waals surface area (Å²) in [4.78, 5) is 24.7. The third-order valence-electron chi connectivity index (χ3n) is 4.26. The zero-order chi connectivity index (χ0) is 22.9. The van der Waals surface area contributed by atoms with E-state index in [2.05, 4.69) is 0 Å². The molecule has 0 bridgehead atoms. The number of fused-ring (bicyclic) bond motifs is 1. The van der Waals surface area contributed by atoms with Crippen molar-refractivity contribution >= 4 is 27.1 Å². The van der Waals surface area contributed by atoms with Crippen LogP contribution in [0.5, 0.6) is 23.0 Å². The molecule has 1 heterocycles. The van der Waals surface area contributed by atoms with Gasteiger partial charge in [0.1, 0.15) is 16.7 Å². The van der Waals surface area contributed by atoms with Gasteiger partial charge < -0.3 is 33.4 Å². The molecule has 32 heavy (non-hydrogen) atoms. The summed E-state index contributed by atoms with van der Waals surface area (Å²) in [5.74, 6) is -1.57. The number of ether oxygens (including phenoxy) is 3. The summed E-state index contributed by atoms with van der Waals surface area (Å²) in [7, 11) is -0.0491. The Labute approximate surface area is 182 Å². The average molecular weight is 468 g/mol. The molecule has 0 saturated carbocycles. The van der Waals surface area contributed by atoms with E-state index in [-0.39, 0.29) is 44.8 Å². The van der Waals surface area contributed by atoms with E-state index < -0.39 is 27.3 Å². The number of benzene rings is 2. The Balaban J connectivity index is 0.00000363. The third-order valence-corrected chi connectivity index (χ3v) is 4.73. The lowest BCUT2D eigenvalue weighted by molar-refractivity contribution is 0.0696. The Hall–Kier alpha value is -3.77. The molecule has 0 aliphatic carbocycles. The van der Waals surface area contributed by atoms with Crippen LogP contribution in [0.4, 0.5) is 0 Å². The second-order valence-corrected chi connectivity index (χ2v) is 7.88. The first kappa shape index (κ1) is 24.5. The molecule has 0 aliphatic rings. The molecule has 12 heteroatoms. The molecule has 1 aromatic heterocycles. The fourth-order valence-corrected chi connectivity index (χ4v) is 3.40. The van der Waals surface area contributed by atoms with Crippen LogP contribution in [-0.4, -0.2) is 52.6 Å². The van der Waals surface area contributed by atoms with Crippen LogP contribution in [0.2, 0.25) is 0 Å². The highest BCUT2D eigenvalue weighted by Crippen LogP contribution is 2.38. The molecule has 3 rings (SSSR count). The monoisotopic (exact) mass is 468 g/mol. The van der Waals surface area contributed by atoms with Gasteiger partial charge in [-0.3, -0.25) is 4.79 Å². The maximum atomic E-state index is 13.2. The van der Waals surface area contributed by atoms with Crippen molar-refractivity contribution in [3.8, 4) is 34.3 Å². The number of rotatable bonds is 7. The predicted molar refractivity (Wildman–Crippen MR) is 114 cm³/mol. The second-order valence-electron chi connectivity index (χ2n) is 6.30. The molecule has 0 aliphatic heterocycles. The number of aromatic carboxylic acids is 1. The van der Waals surface area contributed by atoms with E-state index in [1.165, 1.54) is 39.5 Å². The number of carboxylic acid groups (broad SMARTS) is 1. The topological polar surface area (TPSA) is 170 Å². The van der Waals surface area contributed by atoms with Gasteiger partial charge in [0, 0.05) is 5.56 Å². The van der Waals surface area contributed by atoms with Crippen molar-refractivity contribution in [1.29, 1.82) is 0 Å². The second kappa shape index (κ2) is 9.16. The lowest BCUT2D eigenvalue weighted by atomic mass is 10.1. The van der Waals surface area contributed by atoms with Gasteiger partial charge in [-0.15, -0.1) is 0 Å². The molecule has 172 valence electrons. The zero-order valence-corrected chi connectivity index (χ0v) is 18.2. The summed E-state index contributed by atoms with van der Waals surface area (Å²) in [5, 5.41) is 9.17. The third kappa shape index (κ3) is 4.60. The predicted octanol–water partition coefficient (Wildman–Crippen LogP) is 1.70. The Kier molecular flexibility index (Phi) is 7.01. The lowest BCUT2D eigenvalue weighted by Crippen LogP contribution is -2.16. The molecular weight excluding hydrogens is 448 g/mol. The molecular formula is C20H20O11S. The van der Waals surface area contributed by atoms with Gasteiger partial charge in [-0.1, -0.05) is 0 Å². The molecule has 0 radical (unpaired) electrons. The van der Waals surface area contributed by atoms with Gasteiger partial charge in [0.25, 0.3) is 0 Å². The Morgan fingerprint density at radius 1 is 0.969 bits per heavy atom. The fourth-order valence-electron chi connectivity index (χ4n) is 2.95.